The number of nitrogens with zero attached hydrogens (tertiary/aromatic N) is 2. The van der Waals surface area contributed by atoms with Crippen molar-refractivity contribution in [2.24, 2.45) is 0 Å². The molecule has 1 aromatic heterocycles. The van der Waals surface area contributed by atoms with Gasteiger partial charge < -0.3 is 0 Å². The number of para-hydroxylation sites is 1. The van der Waals surface area contributed by atoms with E-state index in [1.54, 1.807) is 7.05 Å². The minimum absolute atomic E-state index is 0.117. The summed E-state index contributed by atoms with van der Waals surface area (Å²) in [6.45, 7) is 0. The highest BCUT2D eigenvalue weighted by atomic mass is 32.1. The molecule has 0 radical (unpaired) electrons. The Balaban J connectivity index is 1.68. The number of aromatic nitrogens is 1. The lowest BCUT2D eigenvalue weighted by molar-refractivity contribution is -0.118. The second-order valence-corrected chi connectivity index (χ2v) is 6.17. The molecular weight excluding hydrogens is 318 g/mol. The maximum atomic E-state index is 13.2. The molecule has 0 spiro atoms. The highest BCUT2D eigenvalue weighted by Crippen LogP contribution is 2.28. The molecule has 0 bridgehead atoms. The van der Waals surface area contributed by atoms with Gasteiger partial charge in [0.1, 0.15) is 0 Å². The number of amides is 1. The van der Waals surface area contributed by atoms with Gasteiger partial charge in [0, 0.05) is 13.5 Å². The number of carbonyl (C=O) groups excluding carboxylic acids is 1. The molecule has 6 heteroatoms. The largest absolute Gasteiger partial charge is 0.291 e. The van der Waals surface area contributed by atoms with Crippen LogP contribution in [0.5, 0.6) is 0 Å². The van der Waals surface area contributed by atoms with Gasteiger partial charge >= 0.3 is 0 Å². The van der Waals surface area contributed by atoms with Crippen LogP contribution in [-0.2, 0) is 11.2 Å². The number of aryl methyl sites for hydroxylation is 1. The molecular formula is C17H14F2N2OS. The number of fused-ring (bicyclic) bond motifs is 1. The molecule has 0 saturated heterocycles. The molecule has 0 aliphatic heterocycles. The van der Waals surface area contributed by atoms with Crippen LogP contribution < -0.4 is 4.90 Å². The summed E-state index contributed by atoms with van der Waals surface area (Å²) in [6.07, 6.45) is 0.558. The Morgan fingerprint density at radius 2 is 1.96 bits per heavy atom. The van der Waals surface area contributed by atoms with Crippen LogP contribution in [0.15, 0.2) is 42.5 Å². The van der Waals surface area contributed by atoms with E-state index >= 15 is 0 Å². The summed E-state index contributed by atoms with van der Waals surface area (Å²) in [5.74, 6) is -1.89. The third kappa shape index (κ3) is 3.37. The number of anilines is 1. The highest BCUT2D eigenvalue weighted by Gasteiger charge is 2.15. The highest BCUT2D eigenvalue weighted by molar-refractivity contribution is 7.22. The van der Waals surface area contributed by atoms with Gasteiger partial charge in [0.05, 0.1) is 10.2 Å². The van der Waals surface area contributed by atoms with Gasteiger partial charge in [-0.05, 0) is 36.2 Å². The predicted octanol–water partition coefficient (Wildman–Crippen LogP) is 4.17. The van der Waals surface area contributed by atoms with Crippen LogP contribution in [-0.4, -0.2) is 17.9 Å². The van der Waals surface area contributed by atoms with Gasteiger partial charge in [-0.2, -0.15) is 0 Å². The molecule has 0 atom stereocenters. The number of carbonyl (C=O) groups is 1. The van der Waals surface area contributed by atoms with Crippen molar-refractivity contribution in [3.8, 4) is 0 Å². The van der Waals surface area contributed by atoms with Gasteiger partial charge in [0.2, 0.25) is 5.91 Å². The average molecular weight is 332 g/mol. The number of benzene rings is 2. The quantitative estimate of drug-likeness (QED) is 0.718. The van der Waals surface area contributed by atoms with Gasteiger partial charge in [0.15, 0.2) is 16.8 Å². The van der Waals surface area contributed by atoms with Gasteiger partial charge in [-0.1, -0.05) is 29.5 Å². The molecule has 3 rings (SSSR count). The Hall–Kier alpha value is -2.34. The van der Waals surface area contributed by atoms with Crippen molar-refractivity contribution in [1.29, 1.82) is 0 Å². The zero-order valence-electron chi connectivity index (χ0n) is 12.4. The van der Waals surface area contributed by atoms with Crippen LogP contribution in [0.2, 0.25) is 0 Å². The molecule has 1 amide bonds. The standard InChI is InChI=1S/C17H14F2N2OS/c1-21(17-20-14-4-2-3-5-15(14)23-17)16(22)9-7-11-6-8-12(18)13(19)10-11/h2-6,8,10H,7,9H2,1H3. The minimum atomic E-state index is -0.894. The Kier molecular flexibility index (Phi) is 4.34. The molecule has 118 valence electrons. The lowest BCUT2D eigenvalue weighted by Gasteiger charge is -2.13. The van der Waals surface area contributed by atoms with Gasteiger partial charge in [0.25, 0.3) is 0 Å². The van der Waals surface area contributed by atoms with Crippen molar-refractivity contribution in [2.45, 2.75) is 12.8 Å². The van der Waals surface area contributed by atoms with E-state index in [0.717, 1.165) is 22.3 Å². The number of thiazole rings is 1. The van der Waals surface area contributed by atoms with Crippen molar-refractivity contribution >= 4 is 32.6 Å². The van der Waals surface area contributed by atoms with Gasteiger partial charge in [-0.25, -0.2) is 13.8 Å². The summed E-state index contributed by atoms with van der Waals surface area (Å²) >= 11 is 1.44. The first kappa shape index (κ1) is 15.6. The third-order valence-corrected chi connectivity index (χ3v) is 4.67. The third-order valence-electron chi connectivity index (χ3n) is 3.56. The average Bonchev–Trinajstić information content (AvgIpc) is 2.99. The van der Waals surface area contributed by atoms with Crippen molar-refractivity contribution in [3.05, 3.63) is 59.7 Å². The van der Waals surface area contributed by atoms with Crippen LogP contribution in [0.3, 0.4) is 0 Å². The summed E-state index contributed by atoms with van der Waals surface area (Å²) in [7, 11) is 1.67. The summed E-state index contributed by atoms with van der Waals surface area (Å²) in [5.41, 5.74) is 1.45. The number of rotatable bonds is 4. The molecule has 0 aliphatic carbocycles. The van der Waals surface area contributed by atoms with E-state index in [0.29, 0.717) is 17.1 Å². The molecule has 0 saturated carbocycles. The van der Waals surface area contributed by atoms with Crippen molar-refractivity contribution in [3.63, 3.8) is 0 Å². The van der Waals surface area contributed by atoms with E-state index in [1.807, 2.05) is 24.3 Å². The number of halogens is 2. The molecule has 1 heterocycles. The van der Waals surface area contributed by atoms with Gasteiger partial charge in [-0.3, -0.25) is 9.69 Å². The maximum absolute atomic E-state index is 13.2. The molecule has 0 N–H and O–H groups in total. The first-order valence-electron chi connectivity index (χ1n) is 7.10. The fourth-order valence-electron chi connectivity index (χ4n) is 2.22. The second kappa shape index (κ2) is 6.42. The van der Waals surface area contributed by atoms with E-state index in [4.69, 9.17) is 0 Å². The minimum Gasteiger partial charge on any atom is -0.291 e. The van der Waals surface area contributed by atoms with Crippen LogP contribution >= 0.6 is 11.3 Å². The van der Waals surface area contributed by atoms with E-state index in [2.05, 4.69) is 4.98 Å². The van der Waals surface area contributed by atoms with Crippen LogP contribution in [0.1, 0.15) is 12.0 Å². The molecule has 3 nitrogen and oxygen atoms in total. The van der Waals surface area contributed by atoms with Crippen molar-refractivity contribution in [1.82, 2.24) is 4.98 Å². The molecule has 0 aliphatic rings. The fraction of sp³-hybridized carbons (Fsp3) is 0.176. The van der Waals surface area contributed by atoms with E-state index in [1.165, 1.54) is 22.3 Å². The lowest BCUT2D eigenvalue weighted by Crippen LogP contribution is -2.26. The molecule has 0 fully saturated rings. The summed E-state index contributed by atoms with van der Waals surface area (Å²) in [4.78, 5) is 18.2. The molecule has 3 aromatic rings. The Morgan fingerprint density at radius 1 is 1.17 bits per heavy atom. The van der Waals surface area contributed by atoms with Crippen LogP contribution in [0.4, 0.5) is 13.9 Å². The summed E-state index contributed by atoms with van der Waals surface area (Å²) in [5, 5.41) is 0.626. The second-order valence-electron chi connectivity index (χ2n) is 5.17. The monoisotopic (exact) mass is 332 g/mol. The van der Waals surface area contributed by atoms with Crippen molar-refractivity contribution < 1.29 is 13.6 Å². The predicted molar refractivity (Wildman–Crippen MR) is 87.7 cm³/mol. The fourth-order valence-corrected chi connectivity index (χ4v) is 3.17. The van der Waals surface area contributed by atoms with Crippen LogP contribution in [0.25, 0.3) is 10.2 Å². The van der Waals surface area contributed by atoms with E-state index in [-0.39, 0.29) is 12.3 Å². The lowest BCUT2D eigenvalue weighted by atomic mass is 10.1. The zero-order chi connectivity index (χ0) is 16.4. The SMILES string of the molecule is CN(C(=O)CCc1ccc(F)c(F)c1)c1nc2ccccc2s1. The number of hydrogen-bond donors (Lipinski definition) is 0. The topological polar surface area (TPSA) is 33.2 Å². The Morgan fingerprint density at radius 3 is 2.70 bits per heavy atom. The number of hydrogen-bond acceptors (Lipinski definition) is 3. The van der Waals surface area contributed by atoms with E-state index < -0.39 is 11.6 Å². The Labute approximate surface area is 136 Å². The summed E-state index contributed by atoms with van der Waals surface area (Å²) in [6, 6.07) is 11.4. The smallest absolute Gasteiger partial charge is 0.228 e. The van der Waals surface area contributed by atoms with Crippen molar-refractivity contribution in [2.75, 3.05) is 11.9 Å². The zero-order valence-corrected chi connectivity index (χ0v) is 13.2. The maximum Gasteiger partial charge on any atom is 0.228 e. The Bertz CT molecular complexity index is 830. The normalized spacial score (nSPS) is 10.9. The summed E-state index contributed by atoms with van der Waals surface area (Å²) < 4.78 is 27.1. The van der Waals surface area contributed by atoms with E-state index in [9.17, 15) is 13.6 Å². The molecule has 0 unspecified atom stereocenters. The first-order chi connectivity index (χ1) is 11.0. The molecule has 23 heavy (non-hydrogen) atoms. The first-order valence-corrected chi connectivity index (χ1v) is 7.92. The van der Waals surface area contributed by atoms with Gasteiger partial charge in [-0.15, -0.1) is 0 Å². The molecule has 2 aromatic carbocycles. The van der Waals surface area contributed by atoms with Crippen LogP contribution in [0, 0.1) is 11.6 Å².